The molecule has 0 atom stereocenters. The second-order valence-corrected chi connectivity index (χ2v) is 6.38. The van der Waals surface area contributed by atoms with Gasteiger partial charge in [-0.25, -0.2) is 9.97 Å². The van der Waals surface area contributed by atoms with Crippen molar-refractivity contribution in [1.82, 2.24) is 15.3 Å². The molecule has 1 fully saturated rings. The molecule has 0 unspecified atom stereocenters. The Hall–Kier alpha value is -2.47. The summed E-state index contributed by atoms with van der Waals surface area (Å²) in [6, 6.07) is 10.3. The Morgan fingerprint density at radius 2 is 1.88 bits per heavy atom. The van der Waals surface area contributed by atoms with Crippen molar-refractivity contribution in [2.75, 3.05) is 37.7 Å². The van der Waals surface area contributed by atoms with Gasteiger partial charge < -0.3 is 15.0 Å². The van der Waals surface area contributed by atoms with E-state index < -0.39 is 0 Å². The minimum absolute atomic E-state index is 0.0841. The molecule has 6 heteroatoms. The third kappa shape index (κ3) is 3.49. The smallest absolute Gasteiger partial charge is 0.270 e. The van der Waals surface area contributed by atoms with Gasteiger partial charge in [0.25, 0.3) is 5.91 Å². The first-order valence-corrected chi connectivity index (χ1v) is 8.86. The summed E-state index contributed by atoms with van der Waals surface area (Å²) in [5.74, 6) is 1.58. The highest BCUT2D eigenvalue weighted by Gasteiger charge is 2.27. The van der Waals surface area contributed by atoms with Crippen molar-refractivity contribution >= 4 is 11.7 Å². The fraction of sp³-hybridized carbons (Fsp3) is 0.421. The lowest BCUT2D eigenvalue weighted by Crippen LogP contribution is -2.40. The van der Waals surface area contributed by atoms with Crippen LogP contribution < -0.4 is 10.2 Å². The fourth-order valence-electron chi connectivity index (χ4n) is 3.37. The quantitative estimate of drug-likeness (QED) is 0.912. The summed E-state index contributed by atoms with van der Waals surface area (Å²) in [5, 5.41) is 2.90. The largest absolute Gasteiger partial charge is 0.378 e. The number of carbonyl (C=O) groups is 1. The second-order valence-electron chi connectivity index (χ2n) is 6.38. The topological polar surface area (TPSA) is 67.4 Å². The van der Waals surface area contributed by atoms with Crippen LogP contribution in [-0.4, -0.2) is 48.7 Å². The number of carbonyl (C=O) groups excluding carboxylic acids is 1. The lowest BCUT2D eigenvalue weighted by Gasteiger charge is -2.31. The van der Waals surface area contributed by atoms with Crippen LogP contribution in [0.2, 0.25) is 0 Å². The minimum atomic E-state index is -0.0841. The number of amides is 1. The van der Waals surface area contributed by atoms with Gasteiger partial charge >= 0.3 is 0 Å². The number of fused-ring (bicyclic) bond motifs is 1. The Balaban J connectivity index is 1.64. The molecule has 2 aliphatic rings. The van der Waals surface area contributed by atoms with Crippen LogP contribution in [0.3, 0.4) is 0 Å². The van der Waals surface area contributed by atoms with Gasteiger partial charge in [-0.1, -0.05) is 30.3 Å². The molecule has 1 N–H and O–H groups in total. The molecule has 4 rings (SSSR count). The van der Waals surface area contributed by atoms with Crippen LogP contribution in [0.15, 0.2) is 30.3 Å². The molecule has 0 aliphatic carbocycles. The van der Waals surface area contributed by atoms with Crippen molar-refractivity contribution < 1.29 is 9.53 Å². The number of ether oxygens (including phenoxy) is 1. The van der Waals surface area contributed by atoms with E-state index in [4.69, 9.17) is 9.72 Å². The highest BCUT2D eigenvalue weighted by atomic mass is 16.5. The molecule has 0 bridgehead atoms. The monoisotopic (exact) mass is 338 g/mol. The molecule has 2 aromatic rings. The van der Waals surface area contributed by atoms with Crippen LogP contribution in [0, 0.1) is 0 Å². The average Bonchev–Trinajstić information content (AvgIpc) is 2.68. The SMILES string of the molecule is O=C1NCCc2c1nc(CCc1ccccc1)nc2N1CCOCC1. The Morgan fingerprint density at radius 3 is 2.68 bits per heavy atom. The van der Waals surface area contributed by atoms with E-state index in [9.17, 15) is 4.79 Å². The Labute approximate surface area is 147 Å². The maximum Gasteiger partial charge on any atom is 0.270 e. The number of hydrogen-bond acceptors (Lipinski definition) is 5. The number of hydrogen-bond donors (Lipinski definition) is 1. The minimum Gasteiger partial charge on any atom is -0.378 e. The summed E-state index contributed by atoms with van der Waals surface area (Å²) < 4.78 is 5.46. The van der Waals surface area contributed by atoms with E-state index in [1.807, 2.05) is 18.2 Å². The summed E-state index contributed by atoms with van der Waals surface area (Å²) in [4.78, 5) is 24.0. The van der Waals surface area contributed by atoms with E-state index in [0.717, 1.165) is 49.6 Å². The van der Waals surface area contributed by atoms with Gasteiger partial charge in [-0.3, -0.25) is 4.79 Å². The molecule has 0 radical (unpaired) electrons. The zero-order chi connectivity index (χ0) is 17.1. The maximum atomic E-state index is 12.3. The molecule has 3 heterocycles. The van der Waals surface area contributed by atoms with Crippen LogP contribution in [-0.2, 0) is 24.0 Å². The normalized spacial score (nSPS) is 17.1. The molecule has 130 valence electrons. The van der Waals surface area contributed by atoms with E-state index >= 15 is 0 Å². The van der Waals surface area contributed by atoms with Crippen molar-refractivity contribution in [3.05, 3.63) is 53.0 Å². The van der Waals surface area contributed by atoms with Crippen LogP contribution in [0.25, 0.3) is 0 Å². The third-order valence-electron chi connectivity index (χ3n) is 4.70. The van der Waals surface area contributed by atoms with Crippen molar-refractivity contribution in [2.45, 2.75) is 19.3 Å². The van der Waals surface area contributed by atoms with Crippen molar-refractivity contribution in [2.24, 2.45) is 0 Å². The highest BCUT2D eigenvalue weighted by molar-refractivity contribution is 5.96. The summed E-state index contributed by atoms with van der Waals surface area (Å²) in [6.45, 7) is 3.66. The van der Waals surface area contributed by atoms with Gasteiger partial charge in [0.15, 0.2) is 0 Å². The molecule has 1 amide bonds. The van der Waals surface area contributed by atoms with Crippen molar-refractivity contribution in [3.63, 3.8) is 0 Å². The molecular formula is C19H22N4O2. The van der Waals surface area contributed by atoms with E-state index in [2.05, 4.69) is 27.3 Å². The van der Waals surface area contributed by atoms with Crippen LogP contribution in [0.5, 0.6) is 0 Å². The van der Waals surface area contributed by atoms with Crippen LogP contribution >= 0.6 is 0 Å². The first kappa shape index (κ1) is 16.0. The number of aryl methyl sites for hydroxylation is 2. The molecule has 25 heavy (non-hydrogen) atoms. The van der Waals surface area contributed by atoms with Crippen LogP contribution in [0.4, 0.5) is 5.82 Å². The van der Waals surface area contributed by atoms with Gasteiger partial charge in [0.1, 0.15) is 17.3 Å². The first-order valence-electron chi connectivity index (χ1n) is 8.86. The lowest BCUT2D eigenvalue weighted by molar-refractivity contribution is 0.0939. The lowest BCUT2D eigenvalue weighted by atomic mass is 10.0. The molecule has 1 saturated heterocycles. The number of nitrogens with zero attached hydrogens (tertiary/aromatic N) is 3. The van der Waals surface area contributed by atoms with Crippen LogP contribution in [0.1, 0.15) is 27.4 Å². The Bertz CT molecular complexity index is 758. The molecular weight excluding hydrogens is 316 g/mol. The Kier molecular flexibility index (Phi) is 4.61. The third-order valence-corrected chi connectivity index (χ3v) is 4.70. The number of anilines is 1. The maximum absolute atomic E-state index is 12.3. The number of rotatable bonds is 4. The van der Waals surface area contributed by atoms with E-state index in [1.54, 1.807) is 0 Å². The number of benzene rings is 1. The van der Waals surface area contributed by atoms with Gasteiger partial charge in [0.05, 0.1) is 13.2 Å². The number of nitrogens with one attached hydrogen (secondary N) is 1. The van der Waals surface area contributed by atoms with Crippen molar-refractivity contribution in [1.29, 1.82) is 0 Å². The molecule has 1 aromatic heterocycles. The molecule has 6 nitrogen and oxygen atoms in total. The summed E-state index contributed by atoms with van der Waals surface area (Å²) in [6.07, 6.45) is 2.37. The van der Waals surface area contributed by atoms with Gasteiger partial charge in [-0.2, -0.15) is 0 Å². The Morgan fingerprint density at radius 1 is 1.08 bits per heavy atom. The fourth-order valence-corrected chi connectivity index (χ4v) is 3.37. The van der Waals surface area contributed by atoms with Gasteiger partial charge in [0, 0.05) is 31.6 Å². The van der Waals surface area contributed by atoms with Gasteiger partial charge in [0.2, 0.25) is 0 Å². The standard InChI is InChI=1S/C19H22N4O2/c24-19-17-15(8-9-20-19)18(23-10-12-25-13-11-23)22-16(21-17)7-6-14-4-2-1-3-5-14/h1-5H,6-13H2,(H,20,24). The van der Waals surface area contributed by atoms with E-state index in [1.165, 1.54) is 5.56 Å². The second kappa shape index (κ2) is 7.19. The predicted octanol–water partition coefficient (Wildman–Crippen LogP) is 1.38. The summed E-state index contributed by atoms with van der Waals surface area (Å²) in [7, 11) is 0. The summed E-state index contributed by atoms with van der Waals surface area (Å²) in [5.41, 5.74) is 2.78. The number of morpholine rings is 1. The summed E-state index contributed by atoms with van der Waals surface area (Å²) >= 11 is 0. The molecule has 0 spiro atoms. The van der Waals surface area contributed by atoms with Crippen molar-refractivity contribution in [3.8, 4) is 0 Å². The molecule has 2 aliphatic heterocycles. The van der Waals surface area contributed by atoms with Gasteiger partial charge in [-0.05, 0) is 18.4 Å². The predicted molar refractivity (Wildman–Crippen MR) is 95.0 cm³/mol. The highest BCUT2D eigenvalue weighted by Crippen LogP contribution is 2.25. The zero-order valence-electron chi connectivity index (χ0n) is 14.2. The first-order chi connectivity index (χ1) is 12.3. The van der Waals surface area contributed by atoms with Gasteiger partial charge in [-0.15, -0.1) is 0 Å². The zero-order valence-corrected chi connectivity index (χ0v) is 14.2. The van der Waals surface area contributed by atoms with E-state index in [0.29, 0.717) is 25.5 Å². The average molecular weight is 338 g/mol. The number of aromatic nitrogens is 2. The molecule has 1 aromatic carbocycles. The van der Waals surface area contributed by atoms with E-state index in [-0.39, 0.29) is 5.91 Å². The molecule has 0 saturated carbocycles.